The van der Waals surface area contributed by atoms with E-state index in [9.17, 15) is 0 Å². The molecule has 0 fully saturated rings. The lowest BCUT2D eigenvalue weighted by Gasteiger charge is -2.20. The van der Waals surface area contributed by atoms with Gasteiger partial charge >= 0.3 is 0 Å². The second-order valence-electron chi connectivity index (χ2n) is 4.95. The minimum Gasteiger partial charge on any atom is -0.381 e. The highest BCUT2D eigenvalue weighted by Gasteiger charge is 2.01. The van der Waals surface area contributed by atoms with Crippen LogP contribution in [0.25, 0.3) is 0 Å². The first-order valence-corrected chi connectivity index (χ1v) is 6.96. The highest BCUT2D eigenvalue weighted by molar-refractivity contribution is 4.56. The van der Waals surface area contributed by atoms with E-state index >= 15 is 0 Å². The molecule has 2 nitrogen and oxygen atoms in total. The molecule has 0 radical (unpaired) electrons. The molecule has 0 aliphatic heterocycles. The first-order valence-electron chi connectivity index (χ1n) is 6.96. The average Bonchev–Trinajstić information content (AvgIpc) is 2.26. The third-order valence-electron chi connectivity index (χ3n) is 3.07. The summed E-state index contributed by atoms with van der Waals surface area (Å²) >= 11 is 0. The molecule has 0 aromatic carbocycles. The molecular weight excluding hydrogens is 198 g/mol. The minimum absolute atomic E-state index is 0.662. The maximum absolute atomic E-state index is 5.60. The van der Waals surface area contributed by atoms with E-state index in [4.69, 9.17) is 4.74 Å². The van der Waals surface area contributed by atoms with Crippen LogP contribution in [0.1, 0.15) is 59.3 Å². The summed E-state index contributed by atoms with van der Waals surface area (Å²) in [5.41, 5.74) is 0. The van der Waals surface area contributed by atoms with Crippen molar-refractivity contribution in [2.75, 3.05) is 26.8 Å². The molecule has 0 aliphatic rings. The molecule has 0 unspecified atom stereocenters. The lowest BCUT2D eigenvalue weighted by Crippen LogP contribution is -2.27. The molecule has 0 saturated carbocycles. The fourth-order valence-electron chi connectivity index (χ4n) is 1.56. The van der Waals surface area contributed by atoms with Crippen LogP contribution in [0.3, 0.4) is 0 Å². The molecule has 0 spiro atoms. The van der Waals surface area contributed by atoms with Gasteiger partial charge in [0.05, 0.1) is 0 Å². The van der Waals surface area contributed by atoms with Crippen LogP contribution in [0.4, 0.5) is 0 Å². The quantitative estimate of drug-likeness (QED) is 0.501. The predicted molar refractivity (Wildman–Crippen MR) is 72.0 cm³/mol. The van der Waals surface area contributed by atoms with Crippen molar-refractivity contribution in [3.63, 3.8) is 0 Å². The largest absolute Gasteiger partial charge is 0.381 e. The Kier molecular flexibility index (Phi) is 11.3. The van der Waals surface area contributed by atoms with E-state index in [1.54, 1.807) is 0 Å². The van der Waals surface area contributed by atoms with Gasteiger partial charge in [-0.3, -0.25) is 0 Å². The van der Waals surface area contributed by atoms with Crippen molar-refractivity contribution in [3.8, 4) is 0 Å². The Morgan fingerprint density at radius 3 is 2.12 bits per heavy atom. The Hall–Kier alpha value is -0.0800. The van der Waals surface area contributed by atoms with Gasteiger partial charge in [-0.15, -0.1) is 0 Å². The highest BCUT2D eigenvalue weighted by Crippen LogP contribution is 2.01. The molecule has 16 heavy (non-hydrogen) atoms. The van der Waals surface area contributed by atoms with Crippen molar-refractivity contribution in [1.29, 1.82) is 0 Å². The molecule has 0 aromatic rings. The number of unbranched alkanes of at least 4 members (excludes halogenated alkanes) is 4. The van der Waals surface area contributed by atoms with Crippen LogP contribution in [-0.2, 0) is 4.74 Å². The van der Waals surface area contributed by atoms with Crippen molar-refractivity contribution in [3.05, 3.63) is 0 Å². The van der Waals surface area contributed by atoms with Gasteiger partial charge in [0.25, 0.3) is 0 Å². The Morgan fingerprint density at radius 1 is 0.938 bits per heavy atom. The third kappa shape index (κ3) is 10.4. The molecule has 0 aromatic heterocycles. The lowest BCUT2D eigenvalue weighted by atomic mass is 10.2. The molecule has 98 valence electrons. The van der Waals surface area contributed by atoms with Gasteiger partial charge in [0.1, 0.15) is 0 Å². The van der Waals surface area contributed by atoms with Crippen molar-refractivity contribution in [2.24, 2.45) is 0 Å². The van der Waals surface area contributed by atoms with Gasteiger partial charge in [-0.2, -0.15) is 0 Å². The van der Waals surface area contributed by atoms with Gasteiger partial charge in [-0.25, -0.2) is 0 Å². The maximum atomic E-state index is 5.60. The molecule has 2 heteroatoms. The number of ether oxygens (including phenoxy) is 1. The Labute approximate surface area is 102 Å². The fraction of sp³-hybridized carbons (Fsp3) is 1.00. The van der Waals surface area contributed by atoms with Crippen molar-refractivity contribution in [2.45, 2.75) is 65.3 Å². The van der Waals surface area contributed by atoms with Gasteiger partial charge in [0.2, 0.25) is 0 Å². The summed E-state index contributed by atoms with van der Waals surface area (Å²) in [6.45, 7) is 9.81. The van der Waals surface area contributed by atoms with Gasteiger partial charge < -0.3 is 9.64 Å². The number of nitrogens with zero attached hydrogens (tertiary/aromatic N) is 1. The zero-order valence-electron chi connectivity index (χ0n) is 11.8. The molecule has 0 heterocycles. The summed E-state index contributed by atoms with van der Waals surface area (Å²) in [5, 5.41) is 0. The maximum Gasteiger partial charge on any atom is 0.0466 e. The topological polar surface area (TPSA) is 12.5 Å². The van der Waals surface area contributed by atoms with Crippen LogP contribution >= 0.6 is 0 Å². The fourth-order valence-corrected chi connectivity index (χ4v) is 1.56. The van der Waals surface area contributed by atoms with E-state index < -0.39 is 0 Å². The number of rotatable bonds is 11. The Morgan fingerprint density at radius 2 is 1.56 bits per heavy atom. The summed E-state index contributed by atoms with van der Waals surface area (Å²) < 4.78 is 5.60. The number of hydrogen-bond acceptors (Lipinski definition) is 2. The highest BCUT2D eigenvalue weighted by atomic mass is 16.5. The first-order chi connectivity index (χ1) is 7.68. The van der Waals surface area contributed by atoms with E-state index in [0.29, 0.717) is 6.04 Å². The standard InChI is InChI=1S/C14H31NO/c1-5-6-7-9-12-16-13-10-8-11-15(4)14(2)3/h14H,5-13H2,1-4H3. The second-order valence-corrected chi connectivity index (χ2v) is 4.95. The van der Waals surface area contributed by atoms with Crippen molar-refractivity contribution >= 4 is 0 Å². The molecular formula is C14H31NO. The second kappa shape index (κ2) is 11.4. The molecule has 0 amide bonds. The smallest absolute Gasteiger partial charge is 0.0466 e. The molecule has 0 rings (SSSR count). The van der Waals surface area contributed by atoms with E-state index in [1.165, 1.54) is 45.1 Å². The summed E-state index contributed by atoms with van der Waals surface area (Å²) in [7, 11) is 2.19. The lowest BCUT2D eigenvalue weighted by molar-refractivity contribution is 0.123. The molecule has 0 bridgehead atoms. The zero-order chi connectivity index (χ0) is 12.2. The summed E-state index contributed by atoms with van der Waals surface area (Å²) in [6.07, 6.45) is 7.67. The molecule has 0 atom stereocenters. The minimum atomic E-state index is 0.662. The summed E-state index contributed by atoms with van der Waals surface area (Å²) in [5.74, 6) is 0. The zero-order valence-corrected chi connectivity index (χ0v) is 11.8. The van der Waals surface area contributed by atoms with Crippen LogP contribution in [0.2, 0.25) is 0 Å². The predicted octanol–water partition coefficient (Wildman–Crippen LogP) is 3.70. The van der Waals surface area contributed by atoms with Crippen molar-refractivity contribution in [1.82, 2.24) is 4.90 Å². The van der Waals surface area contributed by atoms with E-state index in [0.717, 1.165) is 13.2 Å². The van der Waals surface area contributed by atoms with E-state index in [2.05, 4.69) is 32.7 Å². The van der Waals surface area contributed by atoms with Gasteiger partial charge in [0.15, 0.2) is 0 Å². The monoisotopic (exact) mass is 229 g/mol. The normalized spacial score (nSPS) is 11.6. The molecule has 0 aliphatic carbocycles. The van der Waals surface area contributed by atoms with Gasteiger partial charge in [0, 0.05) is 19.3 Å². The summed E-state index contributed by atoms with van der Waals surface area (Å²) in [6, 6.07) is 0.662. The molecule has 0 N–H and O–H groups in total. The van der Waals surface area contributed by atoms with E-state index in [-0.39, 0.29) is 0 Å². The average molecular weight is 229 g/mol. The molecule has 0 saturated heterocycles. The van der Waals surface area contributed by atoms with Gasteiger partial charge in [-0.05, 0) is 46.7 Å². The van der Waals surface area contributed by atoms with Crippen LogP contribution < -0.4 is 0 Å². The van der Waals surface area contributed by atoms with Crippen LogP contribution in [0.5, 0.6) is 0 Å². The van der Waals surface area contributed by atoms with Gasteiger partial charge in [-0.1, -0.05) is 26.2 Å². The van der Waals surface area contributed by atoms with E-state index in [1.807, 2.05) is 0 Å². The van der Waals surface area contributed by atoms with Crippen LogP contribution in [0.15, 0.2) is 0 Å². The summed E-state index contributed by atoms with van der Waals surface area (Å²) in [4.78, 5) is 2.39. The third-order valence-corrected chi connectivity index (χ3v) is 3.07. The van der Waals surface area contributed by atoms with Crippen LogP contribution in [-0.4, -0.2) is 37.7 Å². The van der Waals surface area contributed by atoms with Crippen molar-refractivity contribution < 1.29 is 4.74 Å². The Balaban J connectivity index is 3.04. The number of hydrogen-bond donors (Lipinski definition) is 0. The Bertz CT molecular complexity index is 137. The van der Waals surface area contributed by atoms with Crippen LogP contribution in [0, 0.1) is 0 Å². The SMILES string of the molecule is CCCCCCOCCCCN(C)C(C)C. The first kappa shape index (κ1) is 15.9.